The van der Waals surface area contributed by atoms with Gasteiger partial charge in [-0.3, -0.25) is 4.79 Å². The monoisotopic (exact) mass is 374 g/mol. The van der Waals surface area contributed by atoms with Crippen LogP contribution in [0.1, 0.15) is 31.1 Å². The van der Waals surface area contributed by atoms with E-state index in [1.54, 1.807) is 22.5 Å². The molecule has 0 saturated carbocycles. The van der Waals surface area contributed by atoms with Crippen LogP contribution in [0.5, 0.6) is 0 Å². The molecular weight excluding hydrogens is 348 g/mol. The van der Waals surface area contributed by atoms with Crippen LogP contribution >= 0.6 is 11.8 Å². The van der Waals surface area contributed by atoms with Crippen molar-refractivity contribution in [3.63, 3.8) is 0 Å². The first-order valence-electron chi connectivity index (χ1n) is 8.89. The van der Waals surface area contributed by atoms with Crippen molar-refractivity contribution in [1.29, 1.82) is 0 Å². The Balaban J connectivity index is 1.77. The molecule has 0 atom stereocenters. The van der Waals surface area contributed by atoms with E-state index in [9.17, 15) is 4.79 Å². The highest BCUT2D eigenvalue weighted by Gasteiger charge is 2.22. The lowest BCUT2D eigenvalue weighted by molar-refractivity contribution is 0.497. The Morgan fingerprint density at radius 1 is 1.04 bits per heavy atom. The molecule has 0 aromatic carbocycles. The quantitative estimate of drug-likeness (QED) is 0.601. The molecule has 1 saturated heterocycles. The summed E-state index contributed by atoms with van der Waals surface area (Å²) in [6.45, 7) is 11.5. The third kappa shape index (κ3) is 3.70. The second-order valence-electron chi connectivity index (χ2n) is 6.79. The van der Waals surface area contributed by atoms with E-state index in [-0.39, 0.29) is 11.6 Å². The zero-order valence-corrected chi connectivity index (χ0v) is 16.9. The lowest BCUT2D eigenvalue weighted by Crippen LogP contribution is -2.48. The number of aromatic nitrogens is 4. The number of aryl methyl sites for hydroxylation is 1. The van der Waals surface area contributed by atoms with Crippen molar-refractivity contribution in [2.75, 3.05) is 42.2 Å². The molecular formula is C18H26N6OS. The third-order valence-corrected chi connectivity index (χ3v) is 5.28. The Kier molecular flexibility index (Phi) is 5.50. The second-order valence-corrected chi connectivity index (χ2v) is 7.56. The van der Waals surface area contributed by atoms with Gasteiger partial charge in [-0.25, -0.2) is 14.6 Å². The van der Waals surface area contributed by atoms with Crippen molar-refractivity contribution in [2.45, 2.75) is 38.9 Å². The molecule has 1 aliphatic heterocycles. The smallest absolute Gasteiger partial charge is 0.267 e. The number of anilines is 2. The molecule has 1 aliphatic rings. The first-order chi connectivity index (χ1) is 12.4. The first kappa shape index (κ1) is 18.7. The molecule has 8 heteroatoms. The van der Waals surface area contributed by atoms with Crippen molar-refractivity contribution in [2.24, 2.45) is 0 Å². The van der Waals surface area contributed by atoms with Gasteiger partial charge in [-0.05, 0) is 40.0 Å². The van der Waals surface area contributed by atoms with Gasteiger partial charge in [0, 0.05) is 43.5 Å². The molecule has 7 nitrogen and oxygen atoms in total. The van der Waals surface area contributed by atoms with Crippen LogP contribution in [0.3, 0.4) is 0 Å². The molecule has 0 amide bonds. The summed E-state index contributed by atoms with van der Waals surface area (Å²) in [5, 5.41) is 5.35. The fraction of sp³-hybridized carbons (Fsp3) is 0.556. The molecule has 2 aromatic heterocycles. The van der Waals surface area contributed by atoms with Crippen LogP contribution in [0, 0.1) is 13.8 Å². The molecule has 3 rings (SSSR count). The van der Waals surface area contributed by atoms with Crippen LogP contribution in [-0.4, -0.2) is 52.2 Å². The topological polar surface area (TPSA) is 67.2 Å². The zero-order chi connectivity index (χ0) is 18.8. The van der Waals surface area contributed by atoms with Gasteiger partial charge in [0.15, 0.2) is 5.16 Å². The summed E-state index contributed by atoms with van der Waals surface area (Å²) < 4.78 is 1.55. The van der Waals surface area contributed by atoms with Crippen molar-refractivity contribution in [1.82, 2.24) is 19.7 Å². The molecule has 140 valence electrons. The van der Waals surface area contributed by atoms with Crippen LogP contribution in [-0.2, 0) is 0 Å². The second kappa shape index (κ2) is 7.65. The Bertz CT molecular complexity index is 842. The van der Waals surface area contributed by atoms with Gasteiger partial charge in [0.2, 0.25) is 0 Å². The standard InChI is InChI=1S/C18H26N6OS/c1-12(2)24-16(25)7-6-15(21-24)22-8-10-23(11-9-22)17-13(3)14(4)19-18(20-17)26-5/h6-7,12H,8-11H2,1-5H3. The molecule has 2 aromatic rings. The average molecular weight is 375 g/mol. The van der Waals surface area contributed by atoms with Gasteiger partial charge >= 0.3 is 0 Å². The summed E-state index contributed by atoms with van der Waals surface area (Å²) in [5.41, 5.74) is 2.12. The maximum absolute atomic E-state index is 11.9. The maximum atomic E-state index is 11.9. The summed E-state index contributed by atoms with van der Waals surface area (Å²) in [4.78, 5) is 25.7. The summed E-state index contributed by atoms with van der Waals surface area (Å²) in [6, 6.07) is 3.49. The van der Waals surface area contributed by atoms with Gasteiger partial charge in [-0.1, -0.05) is 11.8 Å². The maximum Gasteiger partial charge on any atom is 0.267 e. The van der Waals surface area contributed by atoms with Gasteiger partial charge in [0.25, 0.3) is 5.56 Å². The van der Waals surface area contributed by atoms with Crippen LogP contribution in [0.4, 0.5) is 11.6 Å². The predicted octanol–water partition coefficient (Wildman–Crippen LogP) is 2.28. The number of nitrogens with zero attached hydrogens (tertiary/aromatic N) is 6. The third-order valence-electron chi connectivity index (χ3n) is 4.73. The van der Waals surface area contributed by atoms with E-state index in [1.165, 1.54) is 0 Å². The SMILES string of the molecule is CSc1nc(C)c(C)c(N2CCN(c3ccc(=O)n(C(C)C)n3)CC2)n1. The molecule has 0 aliphatic carbocycles. The summed E-state index contributed by atoms with van der Waals surface area (Å²) in [5.74, 6) is 1.89. The molecule has 26 heavy (non-hydrogen) atoms. The van der Waals surface area contributed by atoms with E-state index in [0.717, 1.165) is 54.2 Å². The first-order valence-corrected chi connectivity index (χ1v) is 10.1. The fourth-order valence-corrected chi connectivity index (χ4v) is 3.49. The summed E-state index contributed by atoms with van der Waals surface area (Å²) in [7, 11) is 0. The van der Waals surface area contributed by atoms with Crippen LogP contribution in [0.15, 0.2) is 22.1 Å². The Morgan fingerprint density at radius 3 is 2.31 bits per heavy atom. The summed E-state index contributed by atoms with van der Waals surface area (Å²) >= 11 is 1.57. The lowest BCUT2D eigenvalue weighted by Gasteiger charge is -2.36. The van der Waals surface area contributed by atoms with E-state index in [0.29, 0.717) is 0 Å². The van der Waals surface area contributed by atoms with Gasteiger partial charge in [-0.2, -0.15) is 5.10 Å². The van der Waals surface area contributed by atoms with Crippen molar-refractivity contribution in [3.8, 4) is 0 Å². The predicted molar refractivity (Wildman–Crippen MR) is 107 cm³/mol. The van der Waals surface area contributed by atoms with E-state index in [2.05, 4.69) is 26.8 Å². The van der Waals surface area contributed by atoms with Gasteiger partial charge in [-0.15, -0.1) is 0 Å². The Morgan fingerprint density at radius 2 is 1.69 bits per heavy atom. The molecule has 3 heterocycles. The Hall–Kier alpha value is -2.09. The molecule has 0 bridgehead atoms. The van der Waals surface area contributed by atoms with E-state index in [1.807, 2.05) is 33.1 Å². The summed E-state index contributed by atoms with van der Waals surface area (Å²) in [6.07, 6.45) is 2.00. The van der Waals surface area contributed by atoms with E-state index < -0.39 is 0 Å². The number of hydrogen-bond donors (Lipinski definition) is 0. The highest BCUT2D eigenvalue weighted by atomic mass is 32.2. The molecule has 0 spiro atoms. The van der Waals surface area contributed by atoms with Gasteiger partial charge in [0.1, 0.15) is 11.6 Å². The van der Waals surface area contributed by atoms with Gasteiger partial charge < -0.3 is 9.80 Å². The van der Waals surface area contributed by atoms with Crippen LogP contribution in [0.2, 0.25) is 0 Å². The normalized spacial score (nSPS) is 15.0. The highest BCUT2D eigenvalue weighted by Crippen LogP contribution is 2.24. The van der Waals surface area contributed by atoms with E-state index >= 15 is 0 Å². The molecule has 0 N–H and O–H groups in total. The minimum absolute atomic E-state index is 0.0559. The molecule has 0 unspecified atom stereocenters. The minimum Gasteiger partial charge on any atom is -0.353 e. The largest absolute Gasteiger partial charge is 0.353 e. The highest BCUT2D eigenvalue weighted by molar-refractivity contribution is 7.98. The zero-order valence-electron chi connectivity index (χ0n) is 16.1. The number of thioether (sulfide) groups is 1. The van der Waals surface area contributed by atoms with Gasteiger partial charge in [0.05, 0.1) is 6.04 Å². The number of rotatable bonds is 4. The van der Waals surface area contributed by atoms with Crippen LogP contribution < -0.4 is 15.4 Å². The lowest BCUT2D eigenvalue weighted by atomic mass is 10.2. The fourth-order valence-electron chi connectivity index (χ4n) is 3.09. The number of piperazine rings is 1. The molecule has 0 radical (unpaired) electrons. The van der Waals surface area contributed by atoms with Crippen LogP contribution in [0.25, 0.3) is 0 Å². The Labute approximate surface area is 158 Å². The van der Waals surface area contributed by atoms with E-state index in [4.69, 9.17) is 4.98 Å². The van der Waals surface area contributed by atoms with Crippen molar-refractivity contribution < 1.29 is 0 Å². The minimum atomic E-state index is -0.0564. The molecule has 1 fully saturated rings. The van der Waals surface area contributed by atoms with Crippen molar-refractivity contribution in [3.05, 3.63) is 33.7 Å². The van der Waals surface area contributed by atoms with Crippen molar-refractivity contribution >= 4 is 23.4 Å². The number of hydrogen-bond acceptors (Lipinski definition) is 7. The average Bonchev–Trinajstić information content (AvgIpc) is 2.64.